The highest BCUT2D eigenvalue weighted by atomic mass is 32.1. The van der Waals surface area contributed by atoms with Crippen molar-refractivity contribution in [3.63, 3.8) is 0 Å². The van der Waals surface area contributed by atoms with E-state index in [4.69, 9.17) is 4.74 Å². The van der Waals surface area contributed by atoms with Gasteiger partial charge in [0.05, 0.1) is 16.7 Å². The molecule has 0 aromatic carbocycles. The highest BCUT2D eigenvalue weighted by Crippen LogP contribution is 2.34. The van der Waals surface area contributed by atoms with E-state index in [0.29, 0.717) is 12.5 Å². The van der Waals surface area contributed by atoms with E-state index < -0.39 is 0 Å². The van der Waals surface area contributed by atoms with E-state index in [2.05, 4.69) is 15.2 Å². The Kier molecular flexibility index (Phi) is 2.90. The van der Waals surface area contributed by atoms with Crippen LogP contribution in [0.15, 0.2) is 36.0 Å². The second-order valence-electron chi connectivity index (χ2n) is 3.69. The quantitative estimate of drug-likeness (QED) is 0.723. The SMILES string of the molecule is CCOc1nnc(-c2cccnc2)c2sccc12. The molecule has 3 heterocycles. The number of aromatic nitrogens is 3. The number of pyridine rings is 1. The zero-order valence-electron chi connectivity index (χ0n) is 9.83. The number of ether oxygens (including phenoxy) is 1. The van der Waals surface area contributed by atoms with Gasteiger partial charge in [0.25, 0.3) is 0 Å². The first-order chi connectivity index (χ1) is 8.90. The van der Waals surface area contributed by atoms with Gasteiger partial charge in [-0.05, 0) is 30.5 Å². The van der Waals surface area contributed by atoms with Gasteiger partial charge in [0.15, 0.2) is 0 Å². The summed E-state index contributed by atoms with van der Waals surface area (Å²) < 4.78 is 6.57. The van der Waals surface area contributed by atoms with Crippen molar-refractivity contribution in [2.75, 3.05) is 6.61 Å². The molecule has 0 radical (unpaired) electrons. The lowest BCUT2D eigenvalue weighted by Gasteiger charge is -2.05. The van der Waals surface area contributed by atoms with Crippen LogP contribution in [0.2, 0.25) is 0 Å². The summed E-state index contributed by atoms with van der Waals surface area (Å²) in [5, 5.41) is 11.4. The monoisotopic (exact) mass is 257 g/mol. The summed E-state index contributed by atoms with van der Waals surface area (Å²) in [5.74, 6) is 0.599. The summed E-state index contributed by atoms with van der Waals surface area (Å²) in [6, 6.07) is 5.89. The zero-order chi connectivity index (χ0) is 12.4. The normalized spacial score (nSPS) is 10.7. The molecule has 0 amide bonds. The first-order valence-electron chi connectivity index (χ1n) is 5.67. The second kappa shape index (κ2) is 4.70. The Labute approximate surface area is 108 Å². The molecular formula is C13H11N3OS. The average molecular weight is 257 g/mol. The van der Waals surface area contributed by atoms with Crippen molar-refractivity contribution in [2.45, 2.75) is 6.92 Å². The molecule has 0 saturated heterocycles. The van der Waals surface area contributed by atoms with E-state index in [1.54, 1.807) is 23.7 Å². The molecule has 0 aliphatic carbocycles. The number of rotatable bonds is 3. The Morgan fingerprint density at radius 3 is 3.00 bits per heavy atom. The first kappa shape index (κ1) is 11.1. The minimum absolute atomic E-state index is 0.589. The van der Waals surface area contributed by atoms with Crippen LogP contribution in [-0.4, -0.2) is 21.8 Å². The molecule has 0 N–H and O–H groups in total. The minimum atomic E-state index is 0.589. The molecule has 0 fully saturated rings. The van der Waals surface area contributed by atoms with Gasteiger partial charge in [-0.25, -0.2) is 0 Å². The molecule has 0 atom stereocenters. The largest absolute Gasteiger partial charge is 0.476 e. The molecule has 18 heavy (non-hydrogen) atoms. The van der Waals surface area contributed by atoms with Gasteiger partial charge in [0, 0.05) is 18.0 Å². The van der Waals surface area contributed by atoms with Gasteiger partial charge < -0.3 is 4.74 Å². The van der Waals surface area contributed by atoms with Crippen LogP contribution < -0.4 is 4.74 Å². The highest BCUT2D eigenvalue weighted by Gasteiger charge is 2.12. The maximum absolute atomic E-state index is 5.49. The predicted octanol–water partition coefficient (Wildman–Crippen LogP) is 3.15. The lowest BCUT2D eigenvalue weighted by Crippen LogP contribution is -1.97. The minimum Gasteiger partial charge on any atom is -0.476 e. The molecule has 0 aliphatic heterocycles. The van der Waals surface area contributed by atoms with Gasteiger partial charge in [-0.1, -0.05) is 0 Å². The predicted molar refractivity (Wildman–Crippen MR) is 71.8 cm³/mol. The van der Waals surface area contributed by atoms with Gasteiger partial charge in [-0.3, -0.25) is 4.98 Å². The molecular weight excluding hydrogens is 246 g/mol. The average Bonchev–Trinajstić information content (AvgIpc) is 2.90. The third kappa shape index (κ3) is 1.82. The van der Waals surface area contributed by atoms with Gasteiger partial charge in [-0.2, -0.15) is 0 Å². The molecule has 90 valence electrons. The smallest absolute Gasteiger partial charge is 0.242 e. The topological polar surface area (TPSA) is 47.9 Å². The molecule has 4 nitrogen and oxygen atoms in total. The number of nitrogens with zero attached hydrogens (tertiary/aromatic N) is 3. The Morgan fingerprint density at radius 1 is 1.28 bits per heavy atom. The molecule has 3 rings (SSSR count). The van der Waals surface area contributed by atoms with Crippen molar-refractivity contribution < 1.29 is 4.74 Å². The zero-order valence-corrected chi connectivity index (χ0v) is 10.6. The Bertz CT molecular complexity index is 666. The van der Waals surface area contributed by atoms with E-state index in [0.717, 1.165) is 21.3 Å². The van der Waals surface area contributed by atoms with Crippen LogP contribution in [0.3, 0.4) is 0 Å². The van der Waals surface area contributed by atoms with E-state index in [1.807, 2.05) is 30.5 Å². The third-order valence-electron chi connectivity index (χ3n) is 2.57. The van der Waals surface area contributed by atoms with E-state index in [-0.39, 0.29) is 0 Å². The van der Waals surface area contributed by atoms with Crippen LogP contribution in [-0.2, 0) is 0 Å². The molecule has 0 bridgehead atoms. The Morgan fingerprint density at radius 2 is 2.22 bits per heavy atom. The Balaban J connectivity index is 2.21. The molecule has 0 saturated carbocycles. The van der Waals surface area contributed by atoms with E-state index in [9.17, 15) is 0 Å². The fraction of sp³-hybridized carbons (Fsp3) is 0.154. The van der Waals surface area contributed by atoms with Crippen molar-refractivity contribution >= 4 is 21.4 Å². The van der Waals surface area contributed by atoms with Crippen LogP contribution in [0.5, 0.6) is 5.88 Å². The maximum Gasteiger partial charge on any atom is 0.242 e. The fourth-order valence-electron chi connectivity index (χ4n) is 1.79. The summed E-state index contributed by atoms with van der Waals surface area (Å²) in [6.45, 7) is 2.53. The van der Waals surface area contributed by atoms with Crippen LogP contribution in [0.4, 0.5) is 0 Å². The molecule has 0 unspecified atom stereocenters. The lowest BCUT2D eigenvalue weighted by molar-refractivity contribution is 0.327. The van der Waals surface area contributed by atoms with E-state index in [1.165, 1.54) is 0 Å². The van der Waals surface area contributed by atoms with Gasteiger partial charge in [0.2, 0.25) is 5.88 Å². The number of fused-ring (bicyclic) bond motifs is 1. The molecule has 0 spiro atoms. The van der Waals surface area contributed by atoms with Crippen molar-refractivity contribution in [1.29, 1.82) is 0 Å². The second-order valence-corrected chi connectivity index (χ2v) is 4.61. The summed E-state index contributed by atoms with van der Waals surface area (Å²) >= 11 is 1.64. The van der Waals surface area contributed by atoms with Crippen LogP contribution in [0.25, 0.3) is 21.3 Å². The van der Waals surface area contributed by atoms with Crippen LogP contribution >= 0.6 is 11.3 Å². The number of thiophene rings is 1. The van der Waals surface area contributed by atoms with Gasteiger partial charge in [-0.15, -0.1) is 21.5 Å². The van der Waals surface area contributed by atoms with E-state index >= 15 is 0 Å². The van der Waals surface area contributed by atoms with Crippen LogP contribution in [0.1, 0.15) is 6.92 Å². The third-order valence-corrected chi connectivity index (χ3v) is 3.49. The highest BCUT2D eigenvalue weighted by molar-refractivity contribution is 7.17. The van der Waals surface area contributed by atoms with Crippen molar-refractivity contribution in [3.05, 3.63) is 36.0 Å². The fourth-order valence-corrected chi connectivity index (χ4v) is 2.68. The van der Waals surface area contributed by atoms with Gasteiger partial charge >= 0.3 is 0 Å². The summed E-state index contributed by atoms with van der Waals surface area (Å²) in [5.41, 5.74) is 1.83. The lowest BCUT2D eigenvalue weighted by atomic mass is 10.2. The van der Waals surface area contributed by atoms with Crippen molar-refractivity contribution in [2.24, 2.45) is 0 Å². The summed E-state index contributed by atoms with van der Waals surface area (Å²) in [7, 11) is 0. The van der Waals surface area contributed by atoms with Gasteiger partial charge in [0.1, 0.15) is 5.69 Å². The standard InChI is InChI=1S/C13H11N3OS/c1-2-17-13-10-5-7-18-12(10)11(15-16-13)9-4-3-6-14-8-9/h3-8H,2H2,1H3. The first-order valence-corrected chi connectivity index (χ1v) is 6.55. The summed E-state index contributed by atoms with van der Waals surface area (Å²) in [6.07, 6.45) is 3.54. The van der Waals surface area contributed by atoms with Crippen molar-refractivity contribution in [3.8, 4) is 17.1 Å². The summed E-state index contributed by atoms with van der Waals surface area (Å²) in [4.78, 5) is 4.12. The molecule has 3 aromatic heterocycles. The van der Waals surface area contributed by atoms with Crippen LogP contribution in [0, 0.1) is 0 Å². The Hall–Kier alpha value is -2.01. The molecule has 3 aromatic rings. The molecule has 5 heteroatoms. The number of hydrogen-bond donors (Lipinski definition) is 0. The van der Waals surface area contributed by atoms with Crippen molar-refractivity contribution in [1.82, 2.24) is 15.2 Å². The number of hydrogen-bond acceptors (Lipinski definition) is 5. The maximum atomic E-state index is 5.49. The molecule has 0 aliphatic rings.